The van der Waals surface area contributed by atoms with Gasteiger partial charge < -0.3 is 30.3 Å². The number of carbonyl (C=O) groups is 3. The molecule has 0 aliphatic rings. The van der Waals surface area contributed by atoms with E-state index in [-0.39, 0.29) is 36.6 Å². The molecule has 1 amide bonds. The minimum Gasteiger partial charge on any atom is -0.481 e. The van der Waals surface area contributed by atoms with Crippen LogP contribution in [0.1, 0.15) is 67.0 Å². The van der Waals surface area contributed by atoms with Crippen molar-refractivity contribution in [3.8, 4) is 23.0 Å². The van der Waals surface area contributed by atoms with Crippen molar-refractivity contribution in [3.05, 3.63) is 106 Å². The van der Waals surface area contributed by atoms with Gasteiger partial charge in [0.15, 0.2) is 0 Å². The Hall–Kier alpha value is -5.23. The third-order valence-corrected chi connectivity index (χ3v) is 7.90. The first-order valence-electron chi connectivity index (χ1n) is 16.3. The van der Waals surface area contributed by atoms with Gasteiger partial charge >= 0.3 is 5.97 Å². The zero-order chi connectivity index (χ0) is 38.3. The van der Waals surface area contributed by atoms with E-state index in [1.165, 1.54) is 18.1 Å². The lowest BCUT2D eigenvalue weighted by atomic mass is 9.76. The lowest BCUT2D eigenvalue weighted by Crippen LogP contribution is -2.20. The normalized spacial score (nSPS) is 10.5. The van der Waals surface area contributed by atoms with Crippen LogP contribution in [-0.4, -0.2) is 53.9 Å². The number of aliphatic carboxylic acids is 1. The molecule has 0 heterocycles. The van der Waals surface area contributed by atoms with Gasteiger partial charge in [0.1, 0.15) is 28.8 Å². The van der Waals surface area contributed by atoms with E-state index in [0.29, 0.717) is 11.4 Å². The Morgan fingerprint density at radius 2 is 1.10 bits per heavy atom. The van der Waals surface area contributed by atoms with Crippen LogP contribution in [0.2, 0.25) is 0 Å². The molecule has 0 saturated carbocycles. The number of benzene rings is 4. The van der Waals surface area contributed by atoms with E-state index in [4.69, 9.17) is 24.9 Å². The van der Waals surface area contributed by atoms with Gasteiger partial charge in [-0.3, -0.25) is 19.6 Å². The summed E-state index contributed by atoms with van der Waals surface area (Å²) in [5.41, 5.74) is 8.07. The van der Waals surface area contributed by atoms with Crippen LogP contribution in [0.25, 0.3) is 0 Å². The summed E-state index contributed by atoms with van der Waals surface area (Å²) >= 11 is 0. The molecule has 4 aromatic rings. The zero-order valence-electron chi connectivity index (χ0n) is 30.8. The molecular weight excluding hydrogens is 652 g/mol. The minimum absolute atomic E-state index is 0.137. The number of carbonyl (C=O) groups excluding carboxylic acids is 2. The Labute approximate surface area is 300 Å². The van der Waals surface area contributed by atoms with E-state index >= 15 is 0 Å². The smallest absolute Gasteiger partial charge is 0.305 e. The Balaban J connectivity index is 0.000000894. The number of ether oxygens (including phenoxy) is 2. The summed E-state index contributed by atoms with van der Waals surface area (Å²) in [6.45, 7) is 14.0. The number of hydrogen-bond donors (Lipinski definition) is 5. The third-order valence-electron chi connectivity index (χ3n) is 7.90. The highest BCUT2D eigenvalue weighted by atomic mass is 17.1. The molecule has 0 aromatic heterocycles. The van der Waals surface area contributed by atoms with Crippen LogP contribution in [0, 0.1) is 27.7 Å². The SMILES string of the molecule is CNc1ccc(Oc2c(C)cc(C(C)(C)c3cc(C)c(Oc4ccc(NC(=O)CC(C)=O)cc4)c(C)c3)cc2C)cc1.CO.O=C(O)CCOO. The molecule has 274 valence electrons. The second-order valence-corrected chi connectivity index (χ2v) is 12.4. The second-order valence-electron chi connectivity index (χ2n) is 12.4. The van der Waals surface area contributed by atoms with Gasteiger partial charge in [0.25, 0.3) is 0 Å². The minimum atomic E-state index is -0.978. The van der Waals surface area contributed by atoms with Crippen LogP contribution in [0.5, 0.6) is 23.0 Å². The van der Waals surface area contributed by atoms with Crippen LogP contribution in [0.4, 0.5) is 11.4 Å². The van der Waals surface area contributed by atoms with Crippen molar-refractivity contribution < 1.29 is 44.2 Å². The maximum Gasteiger partial charge on any atom is 0.305 e. The van der Waals surface area contributed by atoms with E-state index in [1.54, 1.807) is 12.1 Å². The van der Waals surface area contributed by atoms with Gasteiger partial charge in [-0.1, -0.05) is 38.1 Å². The summed E-state index contributed by atoms with van der Waals surface area (Å²) in [5, 5.41) is 28.3. The van der Waals surface area contributed by atoms with Crippen molar-refractivity contribution in [1.82, 2.24) is 0 Å². The van der Waals surface area contributed by atoms with Crippen LogP contribution in [0.15, 0.2) is 72.8 Å². The first kappa shape index (κ1) is 41.9. The van der Waals surface area contributed by atoms with Crippen molar-refractivity contribution in [2.24, 2.45) is 0 Å². The second kappa shape index (κ2) is 19.8. The predicted molar refractivity (Wildman–Crippen MR) is 199 cm³/mol. The van der Waals surface area contributed by atoms with Crippen LogP contribution < -0.4 is 20.1 Å². The van der Waals surface area contributed by atoms with Crippen molar-refractivity contribution in [3.63, 3.8) is 0 Å². The highest BCUT2D eigenvalue weighted by Crippen LogP contribution is 2.40. The van der Waals surface area contributed by atoms with E-state index in [9.17, 15) is 14.4 Å². The number of carboxylic acid groups (broad SMARTS) is 1. The molecule has 0 saturated heterocycles. The number of ketones is 1. The van der Waals surface area contributed by atoms with E-state index in [0.717, 1.165) is 52.3 Å². The number of rotatable bonds is 13. The summed E-state index contributed by atoms with van der Waals surface area (Å²) in [6.07, 6.45) is -0.293. The van der Waals surface area contributed by atoms with Gasteiger partial charge in [0.05, 0.1) is 19.4 Å². The Kier molecular flexibility index (Phi) is 16.3. The van der Waals surface area contributed by atoms with Crippen molar-refractivity contribution >= 4 is 29.0 Å². The largest absolute Gasteiger partial charge is 0.481 e. The number of aliphatic hydroxyl groups is 1. The Bertz CT molecular complexity index is 1720. The number of aliphatic hydroxyl groups excluding tert-OH is 1. The molecule has 5 N–H and O–H groups in total. The number of aryl methyl sites for hydroxylation is 4. The number of carboxylic acids is 1. The fraction of sp³-hybridized carbons (Fsp3) is 0.325. The zero-order valence-corrected chi connectivity index (χ0v) is 30.8. The Morgan fingerprint density at radius 3 is 1.41 bits per heavy atom. The lowest BCUT2D eigenvalue weighted by molar-refractivity contribution is -0.243. The molecule has 11 nitrogen and oxygen atoms in total. The summed E-state index contributed by atoms with van der Waals surface area (Å²) in [4.78, 5) is 36.1. The van der Waals surface area contributed by atoms with Gasteiger partial charge in [0.2, 0.25) is 5.91 Å². The van der Waals surface area contributed by atoms with E-state index in [1.807, 2.05) is 43.4 Å². The standard InChI is InChI=1S/C36H40N2O4.C3H6O4.CH4O/c1-22-17-27(18-23(2)34(22)41-31-13-9-29(37-8)10-14-31)36(6,7)28-19-24(3)35(25(4)20-28)42-32-15-11-30(12-16-32)38-33(40)21-26(5)39;4-3(5)1-2-7-6;1-2/h9-20,37H,21H2,1-8H3,(H,38,40);6H,1-2H2,(H,4,5);2H,1H3. The molecule has 4 aromatic carbocycles. The first-order chi connectivity index (χ1) is 24.1. The van der Waals surface area contributed by atoms with Gasteiger partial charge in [-0.15, -0.1) is 0 Å². The number of Topliss-reactive ketones (excluding diaryl/α,β-unsaturated/α-hetero) is 1. The quantitative estimate of drug-likeness (QED) is 0.0520. The average molecular weight is 703 g/mol. The molecule has 0 aliphatic carbocycles. The molecule has 0 spiro atoms. The molecular formula is C40H50N2O9. The van der Waals surface area contributed by atoms with Gasteiger partial charge in [-0.25, -0.2) is 4.89 Å². The van der Waals surface area contributed by atoms with Crippen molar-refractivity contribution in [1.29, 1.82) is 0 Å². The van der Waals surface area contributed by atoms with Crippen LogP contribution >= 0.6 is 0 Å². The summed E-state index contributed by atoms with van der Waals surface area (Å²) in [5.74, 6) is 1.69. The third kappa shape index (κ3) is 12.6. The molecule has 4 rings (SSSR count). The number of hydrogen-bond acceptors (Lipinski definition) is 9. The Morgan fingerprint density at radius 1 is 0.706 bits per heavy atom. The maximum atomic E-state index is 11.9. The monoisotopic (exact) mass is 702 g/mol. The molecule has 0 bridgehead atoms. The predicted octanol–water partition coefficient (Wildman–Crippen LogP) is 8.35. The van der Waals surface area contributed by atoms with Crippen molar-refractivity contribution in [2.45, 2.75) is 66.7 Å². The first-order valence-corrected chi connectivity index (χ1v) is 16.3. The fourth-order valence-electron chi connectivity index (χ4n) is 5.21. The molecule has 51 heavy (non-hydrogen) atoms. The highest BCUT2D eigenvalue weighted by Gasteiger charge is 2.26. The topological polar surface area (TPSA) is 164 Å². The summed E-state index contributed by atoms with van der Waals surface area (Å²) in [7, 11) is 2.90. The molecule has 0 radical (unpaired) electrons. The van der Waals surface area contributed by atoms with E-state index < -0.39 is 5.97 Å². The number of anilines is 2. The molecule has 0 fully saturated rings. The summed E-state index contributed by atoms with van der Waals surface area (Å²) < 4.78 is 12.6. The van der Waals surface area contributed by atoms with Crippen molar-refractivity contribution in [2.75, 3.05) is 31.4 Å². The molecule has 0 atom stereocenters. The fourth-order valence-corrected chi connectivity index (χ4v) is 5.21. The van der Waals surface area contributed by atoms with Gasteiger partial charge in [-0.05, 0) is 117 Å². The average Bonchev–Trinajstić information content (AvgIpc) is 3.08. The lowest BCUT2D eigenvalue weighted by Gasteiger charge is -2.29. The van der Waals surface area contributed by atoms with Crippen LogP contribution in [0.3, 0.4) is 0 Å². The summed E-state index contributed by atoms with van der Waals surface area (Å²) in [6, 6.07) is 23.9. The van der Waals surface area contributed by atoms with Crippen LogP contribution in [-0.2, 0) is 24.7 Å². The molecule has 11 heteroatoms. The van der Waals surface area contributed by atoms with Gasteiger partial charge in [0, 0.05) is 30.9 Å². The van der Waals surface area contributed by atoms with E-state index in [2.05, 4.69) is 81.3 Å². The molecule has 0 aliphatic heterocycles. The highest BCUT2D eigenvalue weighted by molar-refractivity contribution is 6.03. The number of amides is 1. The maximum absolute atomic E-state index is 11.9. The van der Waals surface area contributed by atoms with Gasteiger partial charge in [-0.2, -0.15) is 0 Å². The molecule has 0 unspecified atom stereocenters. The number of nitrogens with one attached hydrogen (secondary N) is 2.